The van der Waals surface area contributed by atoms with E-state index in [9.17, 15) is 4.79 Å². The predicted molar refractivity (Wildman–Crippen MR) is 101 cm³/mol. The molecule has 0 radical (unpaired) electrons. The van der Waals surface area contributed by atoms with Gasteiger partial charge < -0.3 is 9.47 Å². The summed E-state index contributed by atoms with van der Waals surface area (Å²) in [4.78, 5) is 20.6. The minimum absolute atomic E-state index is 0.224. The van der Waals surface area contributed by atoms with Crippen LogP contribution in [-0.2, 0) is 4.74 Å². The highest BCUT2D eigenvalue weighted by molar-refractivity contribution is 5.72. The van der Waals surface area contributed by atoms with Crippen molar-refractivity contribution >= 4 is 11.7 Å². The molecular weight excluding hydrogens is 360 g/mol. The van der Waals surface area contributed by atoms with E-state index in [4.69, 9.17) is 9.47 Å². The van der Waals surface area contributed by atoms with Crippen LogP contribution in [-0.4, -0.2) is 48.7 Å². The number of ether oxygens (including phenoxy) is 2. The first-order chi connectivity index (χ1) is 13.6. The lowest BCUT2D eigenvalue weighted by atomic mass is 10.2. The Balaban J connectivity index is 1.75. The van der Waals surface area contributed by atoms with Gasteiger partial charge in [-0.2, -0.15) is 14.9 Å². The van der Waals surface area contributed by atoms with Crippen LogP contribution in [0.1, 0.15) is 13.8 Å². The van der Waals surface area contributed by atoms with Gasteiger partial charge in [0.25, 0.3) is 0 Å². The number of fused-ring (bicyclic) bond motifs is 1. The van der Waals surface area contributed by atoms with E-state index in [0.717, 1.165) is 15.9 Å². The average Bonchev–Trinajstić information content (AvgIpc) is 3.34. The molecule has 0 aromatic carbocycles. The predicted octanol–water partition coefficient (Wildman–Crippen LogP) is 3.06. The molecule has 0 bridgehead atoms. The molecule has 4 rings (SSSR count). The standard InChI is InChI=1S/C19H18N6O3/c1-12(2)28-19(26)24-11-13(9-22-24)15-6-7-17-21-10-16(25(17)23-15)14-5-4-8-20-18(14)27-3/h4-12H,1-3H3. The first kappa shape index (κ1) is 17.7. The molecule has 0 amide bonds. The van der Waals surface area contributed by atoms with Gasteiger partial charge in [-0.15, -0.1) is 0 Å². The molecule has 0 unspecified atom stereocenters. The fourth-order valence-electron chi connectivity index (χ4n) is 2.77. The van der Waals surface area contributed by atoms with Crippen molar-refractivity contribution in [2.75, 3.05) is 7.11 Å². The maximum absolute atomic E-state index is 12.0. The van der Waals surface area contributed by atoms with Crippen molar-refractivity contribution in [2.45, 2.75) is 20.0 Å². The molecule has 4 heterocycles. The third-order valence-corrected chi connectivity index (χ3v) is 4.00. The zero-order valence-corrected chi connectivity index (χ0v) is 15.6. The fourth-order valence-corrected chi connectivity index (χ4v) is 2.77. The van der Waals surface area contributed by atoms with Crippen LogP contribution in [0.25, 0.3) is 28.2 Å². The number of pyridine rings is 1. The van der Waals surface area contributed by atoms with E-state index >= 15 is 0 Å². The Bertz CT molecular complexity index is 1150. The van der Waals surface area contributed by atoms with Crippen molar-refractivity contribution in [3.8, 4) is 28.4 Å². The smallest absolute Gasteiger partial charge is 0.434 e. The molecule has 0 N–H and O–H groups in total. The minimum Gasteiger partial charge on any atom is -0.481 e. The molecule has 0 aliphatic rings. The Morgan fingerprint density at radius 1 is 1.14 bits per heavy atom. The van der Waals surface area contributed by atoms with Crippen molar-refractivity contribution in [3.05, 3.63) is 49.1 Å². The number of carbonyl (C=O) groups excluding carboxylic acids is 1. The van der Waals surface area contributed by atoms with E-state index in [-0.39, 0.29) is 6.10 Å². The third kappa shape index (κ3) is 3.18. The van der Waals surface area contributed by atoms with E-state index < -0.39 is 6.09 Å². The summed E-state index contributed by atoms with van der Waals surface area (Å²) in [5, 5.41) is 8.72. The molecule has 9 nitrogen and oxygen atoms in total. The maximum Gasteiger partial charge on any atom is 0.434 e. The van der Waals surface area contributed by atoms with Crippen LogP contribution in [0.2, 0.25) is 0 Å². The third-order valence-electron chi connectivity index (χ3n) is 4.00. The molecule has 4 aromatic rings. The second-order valence-corrected chi connectivity index (χ2v) is 6.30. The molecule has 0 spiro atoms. The Morgan fingerprint density at radius 3 is 2.79 bits per heavy atom. The normalized spacial score (nSPS) is 11.1. The maximum atomic E-state index is 12.0. The Morgan fingerprint density at radius 2 is 2.00 bits per heavy atom. The van der Waals surface area contributed by atoms with E-state index in [1.54, 1.807) is 50.3 Å². The van der Waals surface area contributed by atoms with Gasteiger partial charge in [0.15, 0.2) is 5.65 Å². The lowest BCUT2D eigenvalue weighted by Gasteiger charge is -2.07. The van der Waals surface area contributed by atoms with Crippen molar-refractivity contribution < 1.29 is 14.3 Å². The van der Waals surface area contributed by atoms with Crippen molar-refractivity contribution in [1.82, 2.24) is 29.4 Å². The first-order valence-corrected chi connectivity index (χ1v) is 8.67. The van der Waals surface area contributed by atoms with Crippen LogP contribution in [0.4, 0.5) is 4.79 Å². The molecule has 28 heavy (non-hydrogen) atoms. The molecule has 9 heteroatoms. The largest absolute Gasteiger partial charge is 0.481 e. The van der Waals surface area contributed by atoms with Crippen LogP contribution in [0.3, 0.4) is 0 Å². The number of methoxy groups -OCH3 is 1. The number of hydrogen-bond donors (Lipinski definition) is 0. The fraction of sp³-hybridized carbons (Fsp3) is 0.211. The van der Waals surface area contributed by atoms with Gasteiger partial charge in [0.1, 0.15) is 0 Å². The molecule has 0 fully saturated rings. The highest BCUT2D eigenvalue weighted by Crippen LogP contribution is 2.28. The summed E-state index contributed by atoms with van der Waals surface area (Å²) in [5.74, 6) is 0.487. The van der Waals surface area contributed by atoms with Gasteiger partial charge in [-0.25, -0.2) is 19.3 Å². The van der Waals surface area contributed by atoms with Gasteiger partial charge in [0.2, 0.25) is 5.88 Å². The monoisotopic (exact) mass is 378 g/mol. The summed E-state index contributed by atoms with van der Waals surface area (Å²) in [6.07, 6.45) is 5.77. The number of carbonyl (C=O) groups is 1. The number of hydrogen-bond acceptors (Lipinski definition) is 7. The van der Waals surface area contributed by atoms with Crippen LogP contribution in [0.15, 0.2) is 49.1 Å². The van der Waals surface area contributed by atoms with Gasteiger partial charge in [-0.05, 0) is 38.1 Å². The average molecular weight is 378 g/mol. The molecule has 0 atom stereocenters. The highest BCUT2D eigenvalue weighted by atomic mass is 16.6. The Labute approximate surface area is 160 Å². The quantitative estimate of drug-likeness (QED) is 0.538. The summed E-state index contributed by atoms with van der Waals surface area (Å²) in [5.41, 5.74) is 3.52. The summed E-state index contributed by atoms with van der Waals surface area (Å²) in [6, 6.07) is 7.38. The van der Waals surface area contributed by atoms with Gasteiger partial charge in [-0.1, -0.05) is 0 Å². The van der Waals surface area contributed by atoms with E-state index in [2.05, 4.69) is 20.2 Å². The zero-order valence-electron chi connectivity index (χ0n) is 15.6. The number of imidazole rings is 1. The molecule has 142 valence electrons. The second kappa shape index (κ2) is 7.10. The van der Waals surface area contributed by atoms with E-state index in [1.165, 1.54) is 0 Å². The van der Waals surface area contributed by atoms with Crippen molar-refractivity contribution in [1.29, 1.82) is 0 Å². The first-order valence-electron chi connectivity index (χ1n) is 8.67. The topological polar surface area (TPSA) is 96.4 Å². The second-order valence-electron chi connectivity index (χ2n) is 6.30. The molecule has 0 saturated carbocycles. The lowest BCUT2D eigenvalue weighted by molar-refractivity contribution is 0.114. The van der Waals surface area contributed by atoms with Crippen LogP contribution >= 0.6 is 0 Å². The zero-order chi connectivity index (χ0) is 19.7. The summed E-state index contributed by atoms with van der Waals surface area (Å²) in [6.45, 7) is 3.57. The molecular formula is C19H18N6O3. The Hall–Kier alpha value is -3.75. The van der Waals surface area contributed by atoms with Crippen LogP contribution < -0.4 is 4.74 Å². The number of nitrogens with zero attached hydrogens (tertiary/aromatic N) is 6. The van der Waals surface area contributed by atoms with Gasteiger partial charge in [-0.3, -0.25) is 0 Å². The summed E-state index contributed by atoms with van der Waals surface area (Å²) in [7, 11) is 1.57. The van der Waals surface area contributed by atoms with Crippen LogP contribution in [0.5, 0.6) is 5.88 Å². The summed E-state index contributed by atoms with van der Waals surface area (Å²) < 4.78 is 13.4. The number of aromatic nitrogens is 6. The Kier molecular flexibility index (Phi) is 4.48. The van der Waals surface area contributed by atoms with Gasteiger partial charge in [0, 0.05) is 18.0 Å². The van der Waals surface area contributed by atoms with Gasteiger partial charge >= 0.3 is 6.09 Å². The lowest BCUT2D eigenvalue weighted by Crippen LogP contribution is -2.18. The van der Waals surface area contributed by atoms with E-state index in [0.29, 0.717) is 22.8 Å². The van der Waals surface area contributed by atoms with Gasteiger partial charge in [0.05, 0.1) is 42.6 Å². The molecule has 0 saturated heterocycles. The SMILES string of the molecule is COc1ncccc1-c1cnc2ccc(-c3cnn(C(=O)OC(C)C)c3)nn12. The molecule has 4 aromatic heterocycles. The van der Waals surface area contributed by atoms with E-state index in [1.807, 2.05) is 24.3 Å². The van der Waals surface area contributed by atoms with Crippen molar-refractivity contribution in [3.63, 3.8) is 0 Å². The number of rotatable bonds is 4. The summed E-state index contributed by atoms with van der Waals surface area (Å²) >= 11 is 0. The van der Waals surface area contributed by atoms with Crippen molar-refractivity contribution in [2.24, 2.45) is 0 Å². The van der Waals surface area contributed by atoms with Crippen LogP contribution in [0, 0.1) is 0 Å². The molecule has 0 aliphatic heterocycles. The molecule has 0 aliphatic carbocycles. The minimum atomic E-state index is -0.536. The highest BCUT2D eigenvalue weighted by Gasteiger charge is 2.15.